The number of nitrogens with two attached hydrogens (primary N) is 1. The van der Waals surface area contributed by atoms with Gasteiger partial charge in [-0.25, -0.2) is 0 Å². The Morgan fingerprint density at radius 2 is 1.91 bits per heavy atom. The molecule has 2 N–H and O–H groups in total. The maximum atomic E-state index is 11.0. The molecule has 0 aliphatic carbocycles. The largest absolute Gasteiger partial charge is 0.370 e. The normalized spacial score (nSPS) is 9.27. The fourth-order valence-electron chi connectivity index (χ4n) is 0.597. The van der Waals surface area contributed by atoms with Crippen molar-refractivity contribution in [3.63, 3.8) is 0 Å². The molecule has 0 fully saturated rings. The van der Waals surface area contributed by atoms with E-state index in [0.717, 1.165) is 0 Å². The van der Waals surface area contributed by atoms with Crippen molar-refractivity contribution in [2.24, 2.45) is 5.73 Å². The average Bonchev–Trinajstić information content (AvgIpc) is 1.98. The van der Waals surface area contributed by atoms with E-state index in [2.05, 4.69) is 0 Å². The van der Waals surface area contributed by atoms with E-state index >= 15 is 0 Å². The second kappa shape index (κ2) is 4.71. The molecular formula is C7H14N2O2. The monoisotopic (exact) mass is 158 g/mol. The Morgan fingerprint density at radius 1 is 1.36 bits per heavy atom. The molecule has 11 heavy (non-hydrogen) atoms. The zero-order chi connectivity index (χ0) is 8.85. The van der Waals surface area contributed by atoms with E-state index in [9.17, 15) is 9.59 Å². The summed E-state index contributed by atoms with van der Waals surface area (Å²) in [5, 5.41) is 0. The molecule has 0 rings (SSSR count). The van der Waals surface area contributed by atoms with E-state index in [-0.39, 0.29) is 18.7 Å². The summed E-state index contributed by atoms with van der Waals surface area (Å²) in [6, 6.07) is 0. The number of carbonyl (C=O) groups is 2. The molecule has 0 saturated heterocycles. The Kier molecular flexibility index (Phi) is 4.26. The predicted molar refractivity (Wildman–Crippen MR) is 41.7 cm³/mol. The van der Waals surface area contributed by atoms with Crippen LogP contribution in [-0.2, 0) is 9.59 Å². The molecule has 0 aliphatic heterocycles. The molecule has 0 aromatic rings. The maximum absolute atomic E-state index is 11.0. The number of nitrogens with zero attached hydrogens (tertiary/aromatic N) is 1. The first-order chi connectivity index (χ1) is 5.07. The Bertz CT molecular complexity index is 157. The lowest BCUT2D eigenvalue weighted by atomic mass is 10.3. The lowest BCUT2D eigenvalue weighted by Crippen LogP contribution is -2.27. The van der Waals surface area contributed by atoms with E-state index < -0.39 is 5.91 Å². The highest BCUT2D eigenvalue weighted by Crippen LogP contribution is 1.93. The van der Waals surface area contributed by atoms with Gasteiger partial charge in [0.1, 0.15) is 0 Å². The van der Waals surface area contributed by atoms with E-state index in [1.54, 1.807) is 11.9 Å². The highest BCUT2D eigenvalue weighted by atomic mass is 16.2. The van der Waals surface area contributed by atoms with Crippen LogP contribution >= 0.6 is 0 Å². The minimum absolute atomic E-state index is 0.0358. The van der Waals surface area contributed by atoms with Gasteiger partial charge in [0, 0.05) is 26.4 Å². The number of amides is 2. The van der Waals surface area contributed by atoms with Gasteiger partial charge in [0.2, 0.25) is 11.8 Å². The quantitative estimate of drug-likeness (QED) is 0.612. The van der Waals surface area contributed by atoms with Crippen molar-refractivity contribution in [1.82, 2.24) is 4.90 Å². The number of primary amides is 1. The third-order valence-corrected chi connectivity index (χ3v) is 1.49. The van der Waals surface area contributed by atoms with Crippen molar-refractivity contribution < 1.29 is 9.59 Å². The van der Waals surface area contributed by atoms with Crippen LogP contribution in [-0.4, -0.2) is 30.3 Å². The molecule has 0 radical (unpaired) electrons. The topological polar surface area (TPSA) is 63.4 Å². The summed E-state index contributed by atoms with van der Waals surface area (Å²) in [6.45, 7) is 2.54. The van der Waals surface area contributed by atoms with E-state index in [1.807, 2.05) is 6.92 Å². The molecule has 64 valence electrons. The molecule has 0 aromatic heterocycles. The first-order valence-electron chi connectivity index (χ1n) is 3.60. The Hall–Kier alpha value is -1.06. The molecule has 0 aromatic carbocycles. The van der Waals surface area contributed by atoms with Gasteiger partial charge in [-0.2, -0.15) is 0 Å². The van der Waals surface area contributed by atoms with Gasteiger partial charge in [0.15, 0.2) is 0 Å². The molecule has 4 nitrogen and oxygen atoms in total. The lowest BCUT2D eigenvalue weighted by molar-refractivity contribution is -0.131. The van der Waals surface area contributed by atoms with Crippen molar-refractivity contribution >= 4 is 11.8 Å². The van der Waals surface area contributed by atoms with Gasteiger partial charge < -0.3 is 10.6 Å². The number of hydrogen-bond acceptors (Lipinski definition) is 2. The standard InChI is InChI=1S/C7H14N2O2/c1-3-9(2)7(11)5-4-6(8)10/h3-5H2,1-2H3,(H2,8,10). The van der Waals surface area contributed by atoms with Crippen molar-refractivity contribution in [1.29, 1.82) is 0 Å². The van der Waals surface area contributed by atoms with Crippen LogP contribution in [0.25, 0.3) is 0 Å². The summed E-state index contributed by atoms with van der Waals surface area (Å²) in [6.07, 6.45) is 0.364. The average molecular weight is 158 g/mol. The van der Waals surface area contributed by atoms with Crippen LogP contribution in [0, 0.1) is 0 Å². The SMILES string of the molecule is CCN(C)C(=O)CCC(N)=O. The minimum atomic E-state index is -0.428. The number of rotatable bonds is 4. The van der Waals surface area contributed by atoms with E-state index in [1.165, 1.54) is 0 Å². The Balaban J connectivity index is 3.60. The zero-order valence-corrected chi connectivity index (χ0v) is 6.96. The highest BCUT2D eigenvalue weighted by molar-refractivity contribution is 5.82. The molecular weight excluding hydrogens is 144 g/mol. The maximum Gasteiger partial charge on any atom is 0.222 e. The van der Waals surface area contributed by atoms with Crippen LogP contribution in [0.5, 0.6) is 0 Å². The van der Waals surface area contributed by atoms with Gasteiger partial charge in [-0.1, -0.05) is 0 Å². The first kappa shape index (κ1) is 9.94. The predicted octanol–water partition coefficient (Wildman–Crippen LogP) is -0.270. The summed E-state index contributed by atoms with van der Waals surface area (Å²) < 4.78 is 0. The summed E-state index contributed by atoms with van der Waals surface area (Å²) >= 11 is 0. The van der Waals surface area contributed by atoms with Crippen molar-refractivity contribution in [2.45, 2.75) is 19.8 Å². The van der Waals surface area contributed by atoms with Gasteiger partial charge >= 0.3 is 0 Å². The van der Waals surface area contributed by atoms with Crippen LogP contribution < -0.4 is 5.73 Å². The smallest absolute Gasteiger partial charge is 0.222 e. The second-order valence-corrected chi connectivity index (χ2v) is 2.37. The van der Waals surface area contributed by atoms with Gasteiger partial charge in [-0.05, 0) is 6.92 Å². The van der Waals surface area contributed by atoms with Crippen LogP contribution in [0.3, 0.4) is 0 Å². The van der Waals surface area contributed by atoms with Crippen molar-refractivity contribution in [3.8, 4) is 0 Å². The fraction of sp³-hybridized carbons (Fsp3) is 0.714. The number of carbonyl (C=O) groups excluding carboxylic acids is 2. The molecule has 0 unspecified atom stereocenters. The van der Waals surface area contributed by atoms with Gasteiger partial charge in [-0.3, -0.25) is 9.59 Å². The summed E-state index contributed by atoms with van der Waals surface area (Å²) in [5.41, 5.74) is 4.87. The molecule has 0 aliphatic rings. The van der Waals surface area contributed by atoms with Crippen LogP contribution in [0.2, 0.25) is 0 Å². The van der Waals surface area contributed by atoms with Gasteiger partial charge in [0.25, 0.3) is 0 Å². The molecule has 0 atom stereocenters. The van der Waals surface area contributed by atoms with E-state index in [4.69, 9.17) is 5.73 Å². The molecule has 2 amide bonds. The van der Waals surface area contributed by atoms with Gasteiger partial charge in [0.05, 0.1) is 0 Å². The van der Waals surface area contributed by atoms with Crippen LogP contribution in [0.15, 0.2) is 0 Å². The Morgan fingerprint density at radius 3 is 2.27 bits per heavy atom. The van der Waals surface area contributed by atoms with Crippen LogP contribution in [0.1, 0.15) is 19.8 Å². The number of hydrogen-bond donors (Lipinski definition) is 1. The molecule has 4 heteroatoms. The van der Waals surface area contributed by atoms with E-state index in [0.29, 0.717) is 6.54 Å². The molecule has 0 heterocycles. The summed E-state index contributed by atoms with van der Waals surface area (Å²) in [5.74, 6) is -0.464. The van der Waals surface area contributed by atoms with Crippen molar-refractivity contribution in [3.05, 3.63) is 0 Å². The molecule has 0 saturated carbocycles. The third-order valence-electron chi connectivity index (χ3n) is 1.49. The van der Waals surface area contributed by atoms with Crippen LogP contribution in [0.4, 0.5) is 0 Å². The molecule has 0 bridgehead atoms. The lowest BCUT2D eigenvalue weighted by Gasteiger charge is -2.12. The third kappa shape index (κ3) is 4.36. The first-order valence-corrected chi connectivity index (χ1v) is 3.60. The van der Waals surface area contributed by atoms with Crippen molar-refractivity contribution in [2.75, 3.05) is 13.6 Å². The summed E-state index contributed by atoms with van der Waals surface area (Å²) in [4.78, 5) is 22.8. The highest BCUT2D eigenvalue weighted by Gasteiger charge is 2.06. The second-order valence-electron chi connectivity index (χ2n) is 2.37. The fourth-order valence-corrected chi connectivity index (χ4v) is 0.597. The van der Waals surface area contributed by atoms with Gasteiger partial charge in [-0.15, -0.1) is 0 Å². The Labute approximate surface area is 66.4 Å². The summed E-state index contributed by atoms with van der Waals surface area (Å²) in [7, 11) is 1.70. The zero-order valence-electron chi connectivity index (χ0n) is 6.96. The minimum Gasteiger partial charge on any atom is -0.370 e. The molecule has 0 spiro atoms.